The Morgan fingerprint density at radius 1 is 1.19 bits per heavy atom. The van der Waals surface area contributed by atoms with Gasteiger partial charge in [0.15, 0.2) is 0 Å². The van der Waals surface area contributed by atoms with E-state index in [1.54, 1.807) is 12.1 Å². The van der Waals surface area contributed by atoms with Crippen molar-refractivity contribution in [3.63, 3.8) is 0 Å². The largest absolute Gasteiger partial charge is 0.295 e. The van der Waals surface area contributed by atoms with E-state index in [0.29, 0.717) is 12.0 Å². The monoisotopic (exact) mass is 364 g/mol. The van der Waals surface area contributed by atoms with E-state index in [2.05, 4.69) is 27.6 Å². The van der Waals surface area contributed by atoms with Crippen LogP contribution >= 0.6 is 0 Å². The average molecular weight is 364 g/mol. The first-order chi connectivity index (χ1) is 13.1. The Labute approximate surface area is 157 Å². The second-order valence-corrected chi connectivity index (χ2v) is 6.25. The summed E-state index contributed by atoms with van der Waals surface area (Å²) in [5.41, 5.74) is 5.18. The van der Waals surface area contributed by atoms with Crippen molar-refractivity contribution in [2.45, 2.75) is 13.0 Å². The van der Waals surface area contributed by atoms with Gasteiger partial charge in [0.05, 0.1) is 11.1 Å². The first-order valence-corrected chi connectivity index (χ1v) is 8.65. The third-order valence-electron chi connectivity index (χ3n) is 4.32. The van der Waals surface area contributed by atoms with Gasteiger partial charge in [-0.3, -0.25) is 19.8 Å². The molecule has 0 unspecified atom stereocenters. The van der Waals surface area contributed by atoms with Crippen LogP contribution in [0.25, 0.3) is 0 Å². The smallest absolute Gasteiger partial charge is 0.269 e. The van der Waals surface area contributed by atoms with Gasteiger partial charge in [-0.1, -0.05) is 36.4 Å². The number of hydrazone groups is 1. The van der Waals surface area contributed by atoms with E-state index in [0.717, 1.165) is 25.2 Å². The number of hydrogen-bond acceptors (Lipinski definition) is 5. The number of carbonyl (C=O) groups is 1. The number of rotatable bonds is 6. The van der Waals surface area contributed by atoms with E-state index in [1.807, 2.05) is 24.3 Å². The van der Waals surface area contributed by atoms with E-state index < -0.39 is 4.92 Å². The molecule has 1 N–H and O–H groups in total. The molecule has 3 rings (SSSR count). The topological polar surface area (TPSA) is 87.8 Å². The maximum absolute atomic E-state index is 12.2. The number of non-ortho nitro benzene ring substituents is 1. The minimum atomic E-state index is -0.459. The molecule has 2 aromatic carbocycles. The molecule has 2 aromatic rings. The molecule has 1 heterocycles. The van der Waals surface area contributed by atoms with Crippen molar-refractivity contribution >= 4 is 17.8 Å². The molecule has 0 saturated carbocycles. The molecule has 0 fully saturated rings. The van der Waals surface area contributed by atoms with E-state index in [-0.39, 0.29) is 11.6 Å². The summed E-state index contributed by atoms with van der Waals surface area (Å²) in [5, 5.41) is 14.6. The lowest BCUT2D eigenvalue weighted by Gasteiger charge is -2.25. The van der Waals surface area contributed by atoms with Gasteiger partial charge in [-0.25, -0.2) is 5.43 Å². The van der Waals surface area contributed by atoms with Gasteiger partial charge in [0.2, 0.25) is 0 Å². The van der Waals surface area contributed by atoms with Gasteiger partial charge in [0, 0.05) is 37.3 Å². The summed E-state index contributed by atoms with van der Waals surface area (Å²) < 4.78 is 0. The van der Waals surface area contributed by atoms with Crippen LogP contribution in [0.1, 0.15) is 17.5 Å². The van der Waals surface area contributed by atoms with Crippen molar-refractivity contribution in [1.29, 1.82) is 0 Å². The lowest BCUT2D eigenvalue weighted by molar-refractivity contribution is -0.384. The number of carbonyl (C=O) groups excluding carboxylic acids is 1. The molecule has 0 aliphatic carbocycles. The van der Waals surface area contributed by atoms with Crippen molar-refractivity contribution < 1.29 is 9.72 Å². The van der Waals surface area contributed by atoms with Gasteiger partial charge >= 0.3 is 0 Å². The summed E-state index contributed by atoms with van der Waals surface area (Å²) in [6, 6.07) is 16.2. The maximum Gasteiger partial charge on any atom is 0.269 e. The van der Waals surface area contributed by atoms with Crippen LogP contribution in [0.15, 0.2) is 71.3 Å². The molecule has 0 bridgehead atoms. The Balaban J connectivity index is 1.49. The quantitative estimate of drug-likeness (QED) is 0.485. The van der Waals surface area contributed by atoms with Crippen LogP contribution in [0, 0.1) is 10.1 Å². The van der Waals surface area contributed by atoms with Gasteiger partial charge in [-0.15, -0.1) is 0 Å². The number of nitrogens with zero attached hydrogens (tertiary/aromatic N) is 3. The van der Waals surface area contributed by atoms with E-state index >= 15 is 0 Å². The molecule has 138 valence electrons. The summed E-state index contributed by atoms with van der Waals surface area (Å²) in [5.74, 6) is -0.215. The second kappa shape index (κ2) is 8.86. The molecule has 0 radical (unpaired) electrons. The van der Waals surface area contributed by atoms with Gasteiger partial charge in [0.1, 0.15) is 0 Å². The third-order valence-corrected chi connectivity index (χ3v) is 4.32. The number of amides is 1. The van der Waals surface area contributed by atoms with Crippen molar-refractivity contribution in [1.82, 2.24) is 10.3 Å². The highest BCUT2D eigenvalue weighted by atomic mass is 16.6. The third kappa shape index (κ3) is 5.32. The van der Waals surface area contributed by atoms with Crippen LogP contribution in [0.3, 0.4) is 0 Å². The maximum atomic E-state index is 12.2. The van der Waals surface area contributed by atoms with Gasteiger partial charge < -0.3 is 0 Å². The number of nitrogens with one attached hydrogen (secondary N) is 1. The molecule has 7 heteroatoms. The molecule has 7 nitrogen and oxygen atoms in total. The van der Waals surface area contributed by atoms with Crippen LogP contribution < -0.4 is 5.43 Å². The molecular formula is C20H20N4O3. The number of hydrogen-bond donors (Lipinski definition) is 1. The van der Waals surface area contributed by atoms with Gasteiger partial charge in [-0.2, -0.15) is 5.10 Å². The van der Waals surface area contributed by atoms with Crippen molar-refractivity contribution in [2.24, 2.45) is 5.10 Å². The molecular weight excluding hydrogens is 344 g/mol. The Bertz CT molecular complexity index is 861. The van der Waals surface area contributed by atoms with E-state index in [4.69, 9.17) is 0 Å². The summed E-state index contributed by atoms with van der Waals surface area (Å²) in [6.07, 6.45) is 4.07. The van der Waals surface area contributed by atoms with Gasteiger partial charge in [-0.05, 0) is 29.7 Å². The zero-order valence-corrected chi connectivity index (χ0v) is 14.7. The molecule has 0 spiro atoms. The van der Waals surface area contributed by atoms with Crippen LogP contribution in [-0.4, -0.2) is 35.0 Å². The molecule has 27 heavy (non-hydrogen) atoms. The normalized spacial score (nSPS) is 14.7. The number of benzene rings is 2. The predicted octanol–water partition coefficient (Wildman–Crippen LogP) is 2.88. The fourth-order valence-corrected chi connectivity index (χ4v) is 2.82. The van der Waals surface area contributed by atoms with Crippen molar-refractivity contribution in [2.75, 3.05) is 13.1 Å². The fraction of sp³-hybridized carbons (Fsp3) is 0.200. The van der Waals surface area contributed by atoms with Crippen molar-refractivity contribution in [3.05, 3.63) is 87.5 Å². The van der Waals surface area contributed by atoms with Crippen LogP contribution in [0.2, 0.25) is 0 Å². The highest BCUT2D eigenvalue weighted by Crippen LogP contribution is 2.14. The Morgan fingerprint density at radius 2 is 1.93 bits per heavy atom. The lowest BCUT2D eigenvalue weighted by Crippen LogP contribution is -2.32. The average Bonchev–Trinajstić information content (AvgIpc) is 2.69. The SMILES string of the molecule is O=C(N/N=C/c1ccc([N+](=O)[O-])cc1)C1=CCN(Cc2ccccc2)CC1. The molecule has 1 aliphatic rings. The minimum Gasteiger partial charge on any atom is -0.295 e. The summed E-state index contributed by atoms with van der Waals surface area (Å²) >= 11 is 0. The summed E-state index contributed by atoms with van der Waals surface area (Å²) in [4.78, 5) is 24.6. The number of nitro benzene ring substituents is 1. The van der Waals surface area contributed by atoms with Crippen molar-refractivity contribution in [3.8, 4) is 0 Å². The Kier molecular flexibility index (Phi) is 6.06. The van der Waals surface area contributed by atoms with E-state index in [9.17, 15) is 14.9 Å². The molecule has 0 saturated heterocycles. The highest BCUT2D eigenvalue weighted by molar-refractivity contribution is 5.94. The zero-order chi connectivity index (χ0) is 19.1. The van der Waals surface area contributed by atoms with E-state index in [1.165, 1.54) is 23.9 Å². The highest BCUT2D eigenvalue weighted by Gasteiger charge is 2.16. The zero-order valence-electron chi connectivity index (χ0n) is 14.7. The molecule has 1 aliphatic heterocycles. The predicted molar refractivity (Wildman–Crippen MR) is 103 cm³/mol. The van der Waals surface area contributed by atoms with Gasteiger partial charge in [0.25, 0.3) is 11.6 Å². The number of nitro groups is 1. The minimum absolute atomic E-state index is 0.0172. The van der Waals surface area contributed by atoms with Crippen LogP contribution in [-0.2, 0) is 11.3 Å². The first-order valence-electron chi connectivity index (χ1n) is 8.65. The molecule has 1 amide bonds. The fourth-order valence-electron chi connectivity index (χ4n) is 2.82. The Hall–Kier alpha value is -3.32. The first kappa shape index (κ1) is 18.5. The molecule has 0 atom stereocenters. The summed E-state index contributed by atoms with van der Waals surface area (Å²) in [7, 11) is 0. The molecule has 0 aromatic heterocycles. The van der Waals surface area contributed by atoms with Crippen LogP contribution in [0.5, 0.6) is 0 Å². The lowest BCUT2D eigenvalue weighted by atomic mass is 10.1. The Morgan fingerprint density at radius 3 is 2.56 bits per heavy atom. The van der Waals surface area contributed by atoms with Crippen LogP contribution in [0.4, 0.5) is 5.69 Å². The second-order valence-electron chi connectivity index (χ2n) is 6.25. The summed E-state index contributed by atoms with van der Waals surface area (Å²) in [6.45, 7) is 2.41. The standard InChI is InChI=1S/C20H20N4O3/c25-20(22-21-14-16-6-8-19(9-7-16)24(26)27)18-10-12-23(13-11-18)15-17-4-2-1-3-5-17/h1-10,14H,11-13,15H2,(H,22,25)/b21-14+.